The molecule has 0 saturated carbocycles. The van der Waals surface area contributed by atoms with Crippen molar-refractivity contribution in [2.75, 3.05) is 13.1 Å². The molecular weight excluding hydrogens is 238 g/mol. The molecule has 2 rings (SSSR count). The van der Waals surface area contributed by atoms with E-state index in [1.165, 1.54) is 11.6 Å². The Balaban J connectivity index is 2.01. The van der Waals surface area contributed by atoms with Gasteiger partial charge >= 0.3 is 5.97 Å². The fraction of sp³-hybridized carbons (Fsp3) is 0.438. The molecule has 3 nitrogen and oxygen atoms in total. The molecule has 2 atom stereocenters. The Morgan fingerprint density at radius 1 is 1.37 bits per heavy atom. The summed E-state index contributed by atoms with van der Waals surface area (Å²) in [5.41, 5.74) is 2.19. The molecule has 1 N–H and O–H groups in total. The monoisotopic (exact) mass is 259 g/mol. The first kappa shape index (κ1) is 13.8. The van der Waals surface area contributed by atoms with Crippen molar-refractivity contribution in [1.82, 2.24) is 4.90 Å². The van der Waals surface area contributed by atoms with Gasteiger partial charge in [-0.05, 0) is 29.0 Å². The molecule has 19 heavy (non-hydrogen) atoms. The SMILES string of the molecule is CC1CN(Cc2cccc(C=CC(=O)O)c2)CC1C. The number of nitrogens with zero attached hydrogens (tertiary/aromatic N) is 1. The fourth-order valence-corrected chi connectivity index (χ4v) is 2.60. The van der Waals surface area contributed by atoms with E-state index in [2.05, 4.69) is 30.9 Å². The molecule has 0 spiro atoms. The molecule has 0 amide bonds. The smallest absolute Gasteiger partial charge is 0.328 e. The molecule has 1 aromatic rings. The van der Waals surface area contributed by atoms with E-state index in [0.717, 1.165) is 37.0 Å². The molecule has 0 aliphatic carbocycles. The zero-order valence-electron chi connectivity index (χ0n) is 11.5. The van der Waals surface area contributed by atoms with Crippen LogP contribution in [0.2, 0.25) is 0 Å². The average molecular weight is 259 g/mol. The summed E-state index contributed by atoms with van der Waals surface area (Å²) in [6.45, 7) is 7.85. The molecule has 1 fully saturated rings. The van der Waals surface area contributed by atoms with Crippen molar-refractivity contribution in [3.63, 3.8) is 0 Å². The van der Waals surface area contributed by atoms with E-state index in [0.29, 0.717) is 0 Å². The number of likely N-dealkylation sites (tertiary alicyclic amines) is 1. The van der Waals surface area contributed by atoms with E-state index in [4.69, 9.17) is 5.11 Å². The molecule has 0 radical (unpaired) electrons. The summed E-state index contributed by atoms with van der Waals surface area (Å²) in [6, 6.07) is 8.08. The highest BCUT2D eigenvalue weighted by molar-refractivity contribution is 5.85. The summed E-state index contributed by atoms with van der Waals surface area (Å²) in [6.07, 6.45) is 2.82. The third-order valence-corrected chi connectivity index (χ3v) is 3.84. The number of rotatable bonds is 4. The van der Waals surface area contributed by atoms with Gasteiger partial charge in [0.05, 0.1) is 0 Å². The van der Waals surface area contributed by atoms with Crippen molar-refractivity contribution in [2.45, 2.75) is 20.4 Å². The second-order valence-electron chi connectivity index (χ2n) is 5.57. The van der Waals surface area contributed by atoms with Gasteiger partial charge in [0.15, 0.2) is 0 Å². The Hall–Kier alpha value is -1.61. The largest absolute Gasteiger partial charge is 0.478 e. The van der Waals surface area contributed by atoms with E-state index in [1.807, 2.05) is 12.1 Å². The van der Waals surface area contributed by atoms with Crippen LogP contribution in [-0.2, 0) is 11.3 Å². The van der Waals surface area contributed by atoms with E-state index in [-0.39, 0.29) is 0 Å². The summed E-state index contributed by atoms with van der Waals surface area (Å²) in [5.74, 6) is 0.609. The maximum atomic E-state index is 10.5. The number of carboxylic acids is 1. The predicted molar refractivity (Wildman–Crippen MR) is 76.7 cm³/mol. The van der Waals surface area contributed by atoms with Crippen LogP contribution in [-0.4, -0.2) is 29.1 Å². The third kappa shape index (κ3) is 3.93. The van der Waals surface area contributed by atoms with E-state index >= 15 is 0 Å². The Labute approximate surface area is 114 Å². The van der Waals surface area contributed by atoms with Crippen LogP contribution in [0.5, 0.6) is 0 Å². The number of benzene rings is 1. The fourth-order valence-electron chi connectivity index (χ4n) is 2.60. The number of aliphatic carboxylic acids is 1. The second kappa shape index (κ2) is 6.02. The minimum absolute atomic E-state index is 0.759. The van der Waals surface area contributed by atoms with Crippen molar-refractivity contribution in [3.8, 4) is 0 Å². The van der Waals surface area contributed by atoms with Gasteiger partial charge in [-0.25, -0.2) is 4.79 Å². The Morgan fingerprint density at radius 3 is 2.68 bits per heavy atom. The summed E-state index contributed by atoms with van der Waals surface area (Å²) in [7, 11) is 0. The quantitative estimate of drug-likeness (QED) is 0.845. The highest BCUT2D eigenvalue weighted by Gasteiger charge is 2.25. The van der Waals surface area contributed by atoms with Crippen LogP contribution in [0.3, 0.4) is 0 Å². The van der Waals surface area contributed by atoms with Crippen molar-refractivity contribution in [1.29, 1.82) is 0 Å². The van der Waals surface area contributed by atoms with Crippen molar-refractivity contribution >= 4 is 12.0 Å². The number of hydrogen-bond acceptors (Lipinski definition) is 2. The molecule has 0 aromatic heterocycles. The zero-order valence-corrected chi connectivity index (χ0v) is 11.5. The van der Waals surface area contributed by atoms with Gasteiger partial charge in [0.25, 0.3) is 0 Å². The lowest BCUT2D eigenvalue weighted by molar-refractivity contribution is -0.131. The molecule has 1 aliphatic rings. The Morgan fingerprint density at radius 2 is 2.05 bits per heavy atom. The van der Waals surface area contributed by atoms with Crippen LogP contribution in [0.15, 0.2) is 30.3 Å². The van der Waals surface area contributed by atoms with Crippen LogP contribution < -0.4 is 0 Å². The van der Waals surface area contributed by atoms with E-state index < -0.39 is 5.97 Å². The minimum atomic E-state index is -0.910. The van der Waals surface area contributed by atoms with Crippen LogP contribution in [0.4, 0.5) is 0 Å². The van der Waals surface area contributed by atoms with Crippen LogP contribution >= 0.6 is 0 Å². The van der Waals surface area contributed by atoms with Gasteiger partial charge in [0, 0.05) is 25.7 Å². The molecule has 1 heterocycles. The molecular formula is C16H21NO2. The zero-order chi connectivity index (χ0) is 13.8. The average Bonchev–Trinajstić information content (AvgIpc) is 2.66. The van der Waals surface area contributed by atoms with Crippen LogP contribution in [0, 0.1) is 11.8 Å². The molecule has 1 saturated heterocycles. The van der Waals surface area contributed by atoms with Crippen molar-refractivity contribution in [2.24, 2.45) is 11.8 Å². The molecule has 1 aromatic carbocycles. The number of carboxylic acid groups (broad SMARTS) is 1. The minimum Gasteiger partial charge on any atom is -0.478 e. The van der Waals surface area contributed by atoms with Crippen molar-refractivity contribution in [3.05, 3.63) is 41.5 Å². The van der Waals surface area contributed by atoms with Gasteiger partial charge in [0.1, 0.15) is 0 Å². The van der Waals surface area contributed by atoms with Gasteiger partial charge in [-0.3, -0.25) is 4.90 Å². The maximum absolute atomic E-state index is 10.5. The Kier molecular flexibility index (Phi) is 4.38. The lowest BCUT2D eigenvalue weighted by atomic mass is 10.0. The predicted octanol–water partition coefficient (Wildman–Crippen LogP) is 2.87. The van der Waals surface area contributed by atoms with Crippen LogP contribution in [0.1, 0.15) is 25.0 Å². The number of carbonyl (C=O) groups is 1. The first-order chi connectivity index (χ1) is 9.04. The number of hydrogen-bond donors (Lipinski definition) is 1. The lowest BCUT2D eigenvalue weighted by Crippen LogP contribution is -2.20. The van der Waals surface area contributed by atoms with Gasteiger partial charge in [-0.1, -0.05) is 38.1 Å². The summed E-state index contributed by atoms with van der Waals surface area (Å²) in [4.78, 5) is 13.0. The van der Waals surface area contributed by atoms with Gasteiger partial charge in [-0.2, -0.15) is 0 Å². The topological polar surface area (TPSA) is 40.5 Å². The van der Waals surface area contributed by atoms with Gasteiger partial charge in [0.2, 0.25) is 0 Å². The standard InChI is InChI=1S/C16H21NO2/c1-12-9-17(10-13(12)2)11-15-5-3-4-14(8-15)6-7-16(18)19/h3-8,12-13H,9-11H2,1-2H3,(H,18,19). The van der Waals surface area contributed by atoms with Gasteiger partial charge in [-0.15, -0.1) is 0 Å². The first-order valence-corrected chi connectivity index (χ1v) is 6.77. The first-order valence-electron chi connectivity index (χ1n) is 6.77. The normalized spacial score (nSPS) is 24.1. The third-order valence-electron chi connectivity index (χ3n) is 3.84. The highest BCUT2D eigenvalue weighted by atomic mass is 16.4. The maximum Gasteiger partial charge on any atom is 0.328 e. The molecule has 3 heteroatoms. The Bertz CT molecular complexity index is 471. The molecule has 102 valence electrons. The van der Waals surface area contributed by atoms with Crippen LogP contribution in [0.25, 0.3) is 6.08 Å². The summed E-state index contributed by atoms with van der Waals surface area (Å²) in [5, 5.41) is 8.64. The van der Waals surface area contributed by atoms with Crippen molar-refractivity contribution < 1.29 is 9.90 Å². The highest BCUT2D eigenvalue weighted by Crippen LogP contribution is 2.23. The second-order valence-corrected chi connectivity index (χ2v) is 5.57. The summed E-state index contributed by atoms with van der Waals surface area (Å²) < 4.78 is 0. The van der Waals surface area contributed by atoms with Gasteiger partial charge < -0.3 is 5.11 Å². The van der Waals surface area contributed by atoms with E-state index in [1.54, 1.807) is 6.08 Å². The van der Waals surface area contributed by atoms with E-state index in [9.17, 15) is 4.79 Å². The lowest BCUT2D eigenvalue weighted by Gasteiger charge is -2.15. The molecule has 0 bridgehead atoms. The summed E-state index contributed by atoms with van der Waals surface area (Å²) >= 11 is 0. The molecule has 1 aliphatic heterocycles. The molecule has 2 unspecified atom stereocenters.